The zero-order valence-corrected chi connectivity index (χ0v) is 11.2. The highest BCUT2D eigenvalue weighted by molar-refractivity contribution is 5.63. The van der Waals surface area contributed by atoms with Crippen molar-refractivity contribution in [1.29, 1.82) is 0 Å². The van der Waals surface area contributed by atoms with Crippen LogP contribution in [-0.2, 0) is 6.54 Å². The number of hydrogen-bond donors (Lipinski definition) is 2. The number of piperidine rings is 1. The molecule has 0 aliphatic carbocycles. The zero-order chi connectivity index (χ0) is 13.9. The standard InChI is InChI=1S/C15H18FN3O/c16-14-4-2-1-3-13(14)15-11(9-17-18-15)10-19-7-5-12(20)6-8-19/h1-4,9,12,20H,5-8,10H2,(H,17,18). The van der Waals surface area contributed by atoms with E-state index < -0.39 is 0 Å². The Morgan fingerprint density at radius 2 is 2.05 bits per heavy atom. The Kier molecular flexibility index (Phi) is 3.80. The van der Waals surface area contributed by atoms with Gasteiger partial charge in [-0.1, -0.05) is 12.1 Å². The molecule has 1 aliphatic rings. The van der Waals surface area contributed by atoms with Crippen LogP contribution in [0.4, 0.5) is 4.39 Å². The third kappa shape index (κ3) is 2.73. The third-order valence-electron chi connectivity index (χ3n) is 3.81. The summed E-state index contributed by atoms with van der Waals surface area (Å²) in [6.45, 7) is 2.46. The van der Waals surface area contributed by atoms with Crippen LogP contribution in [0.2, 0.25) is 0 Å². The molecule has 0 amide bonds. The van der Waals surface area contributed by atoms with Crippen molar-refractivity contribution < 1.29 is 9.50 Å². The van der Waals surface area contributed by atoms with Gasteiger partial charge in [0.15, 0.2) is 0 Å². The summed E-state index contributed by atoms with van der Waals surface area (Å²) in [7, 11) is 0. The highest BCUT2D eigenvalue weighted by atomic mass is 19.1. The van der Waals surface area contributed by atoms with Gasteiger partial charge in [0.25, 0.3) is 0 Å². The number of nitrogens with one attached hydrogen (secondary N) is 1. The lowest BCUT2D eigenvalue weighted by molar-refractivity contribution is 0.0793. The minimum atomic E-state index is -0.243. The van der Waals surface area contributed by atoms with Crippen LogP contribution >= 0.6 is 0 Å². The Labute approximate surface area is 117 Å². The van der Waals surface area contributed by atoms with Crippen LogP contribution in [0.5, 0.6) is 0 Å². The summed E-state index contributed by atoms with van der Waals surface area (Å²) in [5.74, 6) is -0.243. The van der Waals surface area contributed by atoms with Crippen LogP contribution in [0.1, 0.15) is 18.4 Å². The van der Waals surface area contributed by atoms with Gasteiger partial charge in [-0.05, 0) is 25.0 Å². The highest BCUT2D eigenvalue weighted by Gasteiger charge is 2.19. The molecule has 5 heteroatoms. The molecule has 20 heavy (non-hydrogen) atoms. The van der Waals surface area contributed by atoms with Crippen molar-refractivity contribution in [2.45, 2.75) is 25.5 Å². The lowest BCUT2D eigenvalue weighted by Crippen LogP contribution is -2.35. The van der Waals surface area contributed by atoms with Crippen molar-refractivity contribution in [3.63, 3.8) is 0 Å². The van der Waals surface area contributed by atoms with Crippen molar-refractivity contribution in [2.24, 2.45) is 0 Å². The number of aromatic nitrogens is 2. The number of H-pyrrole nitrogens is 1. The molecule has 1 fully saturated rings. The van der Waals surface area contributed by atoms with Gasteiger partial charge in [0.2, 0.25) is 0 Å². The maximum absolute atomic E-state index is 13.9. The summed E-state index contributed by atoms with van der Waals surface area (Å²) in [4.78, 5) is 2.27. The average molecular weight is 275 g/mol. The first-order valence-electron chi connectivity index (χ1n) is 6.91. The second-order valence-electron chi connectivity index (χ2n) is 5.26. The normalized spacial score (nSPS) is 17.5. The second-order valence-corrected chi connectivity index (χ2v) is 5.26. The van der Waals surface area contributed by atoms with Crippen LogP contribution in [0.3, 0.4) is 0 Å². The number of likely N-dealkylation sites (tertiary alicyclic amines) is 1. The van der Waals surface area contributed by atoms with Gasteiger partial charge in [-0.25, -0.2) is 4.39 Å². The van der Waals surface area contributed by atoms with E-state index >= 15 is 0 Å². The number of benzene rings is 1. The number of aromatic amines is 1. The molecule has 0 bridgehead atoms. The summed E-state index contributed by atoms with van der Waals surface area (Å²) in [5, 5.41) is 16.5. The van der Waals surface area contributed by atoms with Gasteiger partial charge < -0.3 is 5.11 Å². The maximum Gasteiger partial charge on any atom is 0.132 e. The molecule has 3 rings (SSSR count). The van der Waals surface area contributed by atoms with Crippen LogP contribution in [-0.4, -0.2) is 39.4 Å². The molecule has 2 N–H and O–H groups in total. The monoisotopic (exact) mass is 275 g/mol. The minimum Gasteiger partial charge on any atom is -0.393 e. The predicted octanol–water partition coefficient (Wildman–Crippen LogP) is 2.17. The summed E-state index contributed by atoms with van der Waals surface area (Å²) >= 11 is 0. The largest absolute Gasteiger partial charge is 0.393 e. The summed E-state index contributed by atoms with van der Waals surface area (Å²) in [6, 6.07) is 6.71. The molecule has 1 saturated heterocycles. The first kappa shape index (κ1) is 13.3. The van der Waals surface area contributed by atoms with Gasteiger partial charge in [-0.15, -0.1) is 0 Å². The molecule has 0 atom stereocenters. The quantitative estimate of drug-likeness (QED) is 0.902. The van der Waals surface area contributed by atoms with Crippen LogP contribution in [0.15, 0.2) is 30.5 Å². The molecule has 0 saturated carbocycles. The number of hydrogen-bond acceptors (Lipinski definition) is 3. The van der Waals surface area contributed by atoms with Crippen LogP contribution in [0, 0.1) is 5.82 Å². The first-order chi connectivity index (χ1) is 9.74. The summed E-state index contributed by atoms with van der Waals surface area (Å²) in [6.07, 6.45) is 3.17. The van der Waals surface area contributed by atoms with Crippen LogP contribution < -0.4 is 0 Å². The van der Waals surface area contributed by atoms with Gasteiger partial charge in [0, 0.05) is 30.8 Å². The molecule has 2 heterocycles. The van der Waals surface area contributed by atoms with Gasteiger partial charge in [-0.2, -0.15) is 5.10 Å². The molecular weight excluding hydrogens is 257 g/mol. The Bertz CT molecular complexity index is 576. The van der Waals surface area contributed by atoms with E-state index in [4.69, 9.17) is 0 Å². The lowest BCUT2D eigenvalue weighted by atomic mass is 10.0. The maximum atomic E-state index is 13.9. The lowest BCUT2D eigenvalue weighted by Gasteiger charge is -2.29. The zero-order valence-electron chi connectivity index (χ0n) is 11.2. The predicted molar refractivity (Wildman–Crippen MR) is 74.5 cm³/mol. The molecule has 0 radical (unpaired) electrons. The molecule has 4 nitrogen and oxygen atoms in total. The molecule has 1 aromatic carbocycles. The Morgan fingerprint density at radius 3 is 2.80 bits per heavy atom. The van der Waals surface area contributed by atoms with Crippen molar-refractivity contribution in [2.75, 3.05) is 13.1 Å². The molecule has 0 spiro atoms. The average Bonchev–Trinajstić information content (AvgIpc) is 2.90. The second kappa shape index (κ2) is 5.73. The van der Waals surface area contributed by atoms with E-state index in [1.54, 1.807) is 18.3 Å². The fraction of sp³-hybridized carbons (Fsp3) is 0.400. The highest BCUT2D eigenvalue weighted by Crippen LogP contribution is 2.25. The van der Waals surface area contributed by atoms with E-state index in [-0.39, 0.29) is 11.9 Å². The van der Waals surface area contributed by atoms with Crippen molar-refractivity contribution in [3.05, 3.63) is 41.8 Å². The minimum absolute atomic E-state index is 0.179. The van der Waals surface area contributed by atoms with E-state index in [2.05, 4.69) is 15.1 Å². The Hall–Kier alpha value is -1.72. The SMILES string of the molecule is OC1CCN(Cc2cn[nH]c2-c2ccccc2F)CC1. The van der Waals surface area contributed by atoms with Gasteiger partial charge in [0.1, 0.15) is 5.82 Å². The topological polar surface area (TPSA) is 52.1 Å². The van der Waals surface area contributed by atoms with E-state index in [1.807, 2.05) is 6.07 Å². The number of rotatable bonds is 3. The molecule has 1 aromatic heterocycles. The molecule has 2 aromatic rings. The van der Waals surface area contributed by atoms with Crippen LogP contribution in [0.25, 0.3) is 11.3 Å². The molecular formula is C15H18FN3O. The Morgan fingerprint density at radius 1 is 1.30 bits per heavy atom. The third-order valence-corrected chi connectivity index (χ3v) is 3.81. The smallest absolute Gasteiger partial charge is 0.132 e. The van der Waals surface area contributed by atoms with E-state index in [0.717, 1.165) is 43.7 Å². The van der Waals surface area contributed by atoms with Crippen molar-refractivity contribution in [1.82, 2.24) is 15.1 Å². The fourth-order valence-electron chi connectivity index (χ4n) is 2.65. The molecule has 1 aliphatic heterocycles. The molecule has 106 valence electrons. The van der Waals surface area contributed by atoms with Gasteiger partial charge in [-0.3, -0.25) is 10.00 Å². The van der Waals surface area contributed by atoms with Gasteiger partial charge in [0.05, 0.1) is 18.0 Å². The number of halogens is 1. The Balaban J connectivity index is 1.79. The number of aliphatic hydroxyl groups is 1. The van der Waals surface area contributed by atoms with E-state index in [9.17, 15) is 9.50 Å². The molecule has 0 unspecified atom stereocenters. The number of nitrogens with zero attached hydrogens (tertiary/aromatic N) is 2. The van der Waals surface area contributed by atoms with Gasteiger partial charge >= 0.3 is 0 Å². The fourth-order valence-corrected chi connectivity index (χ4v) is 2.65. The van der Waals surface area contributed by atoms with Crippen molar-refractivity contribution >= 4 is 0 Å². The summed E-state index contributed by atoms with van der Waals surface area (Å²) < 4.78 is 13.9. The first-order valence-corrected chi connectivity index (χ1v) is 6.91. The van der Waals surface area contributed by atoms with E-state index in [1.165, 1.54) is 6.07 Å². The number of aliphatic hydroxyl groups excluding tert-OH is 1. The summed E-state index contributed by atoms with van der Waals surface area (Å²) in [5.41, 5.74) is 2.29. The van der Waals surface area contributed by atoms with Crippen molar-refractivity contribution in [3.8, 4) is 11.3 Å². The van der Waals surface area contributed by atoms with E-state index in [0.29, 0.717) is 5.56 Å².